The van der Waals surface area contributed by atoms with Gasteiger partial charge in [-0.3, -0.25) is 0 Å². The van der Waals surface area contributed by atoms with E-state index in [0.717, 1.165) is 12.1 Å². The van der Waals surface area contributed by atoms with Crippen LogP contribution < -0.4 is 10.1 Å². The highest BCUT2D eigenvalue weighted by Gasteiger charge is 2.22. The Morgan fingerprint density at radius 3 is 3.00 bits per heavy atom. The molecule has 1 unspecified atom stereocenters. The first-order chi connectivity index (χ1) is 7.74. The molecule has 0 spiro atoms. The van der Waals surface area contributed by atoms with Crippen molar-refractivity contribution in [3.63, 3.8) is 0 Å². The lowest BCUT2D eigenvalue weighted by Crippen LogP contribution is -2.33. The molecule has 0 amide bonds. The summed E-state index contributed by atoms with van der Waals surface area (Å²) in [6.07, 6.45) is -0.147. The molecule has 1 heterocycles. The Labute approximate surface area is 102 Å². The first-order valence-corrected chi connectivity index (χ1v) is 5.87. The summed E-state index contributed by atoms with van der Waals surface area (Å²) in [6.45, 7) is 2.14. The van der Waals surface area contributed by atoms with Gasteiger partial charge in [0.2, 0.25) is 0 Å². The van der Waals surface area contributed by atoms with Crippen LogP contribution in [0.15, 0.2) is 16.6 Å². The molecular formula is C11H13BrFNO2. The second-order valence-electron chi connectivity index (χ2n) is 3.55. The van der Waals surface area contributed by atoms with E-state index < -0.39 is 0 Å². The standard InChI is InChI=1S/C11H13BrFNO2/c1-15-11-7(2-3-8(12)10(11)13)9-6-14-4-5-16-9/h2-3,9,14H,4-6H2,1H3. The van der Waals surface area contributed by atoms with Gasteiger partial charge in [-0.25, -0.2) is 4.39 Å². The highest BCUT2D eigenvalue weighted by molar-refractivity contribution is 9.10. The van der Waals surface area contributed by atoms with E-state index in [2.05, 4.69) is 21.2 Å². The molecule has 1 saturated heterocycles. The second kappa shape index (κ2) is 5.12. The monoisotopic (exact) mass is 289 g/mol. The highest BCUT2D eigenvalue weighted by Crippen LogP contribution is 2.34. The zero-order valence-electron chi connectivity index (χ0n) is 8.93. The summed E-state index contributed by atoms with van der Waals surface area (Å²) in [7, 11) is 1.46. The molecule has 5 heteroatoms. The number of morpholine rings is 1. The Bertz CT molecular complexity index is 380. The zero-order valence-corrected chi connectivity index (χ0v) is 10.5. The van der Waals surface area contributed by atoms with Crippen LogP contribution in [0.25, 0.3) is 0 Å². The summed E-state index contributed by atoms with van der Waals surface area (Å²) in [5, 5.41) is 3.20. The molecule has 0 aliphatic carbocycles. The second-order valence-corrected chi connectivity index (χ2v) is 4.40. The Balaban J connectivity index is 2.35. The van der Waals surface area contributed by atoms with Crippen LogP contribution in [0.4, 0.5) is 4.39 Å². The molecule has 1 fully saturated rings. The zero-order chi connectivity index (χ0) is 11.5. The van der Waals surface area contributed by atoms with E-state index >= 15 is 0 Å². The van der Waals surface area contributed by atoms with Gasteiger partial charge in [0.05, 0.1) is 24.3 Å². The average molecular weight is 290 g/mol. The van der Waals surface area contributed by atoms with Gasteiger partial charge in [-0.05, 0) is 22.0 Å². The molecule has 88 valence electrons. The molecule has 16 heavy (non-hydrogen) atoms. The predicted molar refractivity (Wildman–Crippen MR) is 62.2 cm³/mol. The van der Waals surface area contributed by atoms with Gasteiger partial charge in [-0.15, -0.1) is 0 Å². The van der Waals surface area contributed by atoms with Crippen molar-refractivity contribution in [1.29, 1.82) is 0 Å². The smallest absolute Gasteiger partial charge is 0.179 e. The van der Waals surface area contributed by atoms with Crippen molar-refractivity contribution in [2.24, 2.45) is 0 Å². The summed E-state index contributed by atoms with van der Waals surface area (Å²) >= 11 is 3.13. The minimum Gasteiger partial charge on any atom is -0.493 e. The van der Waals surface area contributed by atoms with Crippen LogP contribution >= 0.6 is 15.9 Å². The molecule has 2 rings (SSSR count). The maximum Gasteiger partial charge on any atom is 0.179 e. The van der Waals surface area contributed by atoms with Crippen molar-refractivity contribution in [3.8, 4) is 5.75 Å². The predicted octanol–water partition coefficient (Wildman–Crippen LogP) is 2.26. The summed E-state index contributed by atoms with van der Waals surface area (Å²) in [4.78, 5) is 0. The number of methoxy groups -OCH3 is 1. The van der Waals surface area contributed by atoms with E-state index in [1.807, 2.05) is 6.07 Å². The Kier molecular flexibility index (Phi) is 3.78. The average Bonchev–Trinajstić information content (AvgIpc) is 2.33. The first-order valence-electron chi connectivity index (χ1n) is 5.08. The highest BCUT2D eigenvalue weighted by atomic mass is 79.9. The van der Waals surface area contributed by atoms with Crippen molar-refractivity contribution in [2.75, 3.05) is 26.8 Å². The normalized spacial score (nSPS) is 20.8. The van der Waals surface area contributed by atoms with Gasteiger partial charge in [0.1, 0.15) is 0 Å². The molecule has 1 aliphatic rings. The fourth-order valence-corrected chi connectivity index (χ4v) is 2.09. The third-order valence-corrected chi connectivity index (χ3v) is 3.17. The summed E-state index contributed by atoms with van der Waals surface area (Å²) in [5.41, 5.74) is 0.746. The number of rotatable bonds is 2. The molecule has 0 bridgehead atoms. The van der Waals surface area contributed by atoms with Gasteiger partial charge < -0.3 is 14.8 Å². The van der Waals surface area contributed by atoms with E-state index in [9.17, 15) is 4.39 Å². The van der Waals surface area contributed by atoms with E-state index in [-0.39, 0.29) is 17.7 Å². The number of halogens is 2. The van der Waals surface area contributed by atoms with Crippen molar-refractivity contribution >= 4 is 15.9 Å². The summed E-state index contributed by atoms with van der Waals surface area (Å²) in [5.74, 6) is -0.128. The minimum atomic E-state index is -0.380. The third-order valence-electron chi connectivity index (χ3n) is 2.56. The van der Waals surface area contributed by atoms with Gasteiger partial charge in [0, 0.05) is 18.7 Å². The Morgan fingerprint density at radius 1 is 1.56 bits per heavy atom. The molecule has 1 N–H and O–H groups in total. The quantitative estimate of drug-likeness (QED) is 0.906. The van der Waals surface area contributed by atoms with Crippen molar-refractivity contribution in [3.05, 3.63) is 28.0 Å². The molecule has 1 aliphatic heterocycles. The largest absolute Gasteiger partial charge is 0.493 e. The molecule has 3 nitrogen and oxygen atoms in total. The molecule has 0 saturated carbocycles. The van der Waals surface area contributed by atoms with Crippen molar-refractivity contribution in [1.82, 2.24) is 5.32 Å². The topological polar surface area (TPSA) is 30.5 Å². The van der Waals surface area contributed by atoms with Crippen LogP contribution in [0, 0.1) is 5.82 Å². The van der Waals surface area contributed by atoms with Crippen LogP contribution in [-0.2, 0) is 4.74 Å². The summed E-state index contributed by atoms with van der Waals surface area (Å²) < 4.78 is 24.8. The van der Waals surface area contributed by atoms with E-state index in [1.165, 1.54) is 7.11 Å². The molecule has 0 radical (unpaired) electrons. The summed E-state index contributed by atoms with van der Waals surface area (Å²) in [6, 6.07) is 3.49. The van der Waals surface area contributed by atoms with Crippen LogP contribution in [-0.4, -0.2) is 26.8 Å². The maximum atomic E-state index is 13.8. The van der Waals surface area contributed by atoms with Gasteiger partial charge >= 0.3 is 0 Å². The molecule has 0 aromatic heterocycles. The Hall–Kier alpha value is -0.650. The lowest BCUT2D eigenvalue weighted by molar-refractivity contribution is 0.0259. The van der Waals surface area contributed by atoms with Gasteiger partial charge in [0.25, 0.3) is 0 Å². The van der Waals surface area contributed by atoms with Crippen molar-refractivity contribution in [2.45, 2.75) is 6.10 Å². The van der Waals surface area contributed by atoms with E-state index in [0.29, 0.717) is 17.6 Å². The first kappa shape index (κ1) is 11.8. The molecule has 1 aromatic carbocycles. The van der Waals surface area contributed by atoms with E-state index in [1.54, 1.807) is 6.07 Å². The molecule has 1 aromatic rings. The fourth-order valence-electron chi connectivity index (χ4n) is 1.77. The number of nitrogens with one attached hydrogen (secondary N) is 1. The van der Waals surface area contributed by atoms with Gasteiger partial charge in [0.15, 0.2) is 11.6 Å². The van der Waals surface area contributed by atoms with Gasteiger partial charge in [-0.1, -0.05) is 6.07 Å². The number of ether oxygens (including phenoxy) is 2. The maximum absolute atomic E-state index is 13.8. The lowest BCUT2D eigenvalue weighted by atomic mass is 10.1. The van der Waals surface area contributed by atoms with E-state index in [4.69, 9.17) is 9.47 Å². The minimum absolute atomic E-state index is 0.147. The Morgan fingerprint density at radius 2 is 2.38 bits per heavy atom. The van der Waals surface area contributed by atoms with Gasteiger partial charge in [-0.2, -0.15) is 0 Å². The lowest BCUT2D eigenvalue weighted by Gasteiger charge is -2.25. The molecule has 1 atom stereocenters. The van der Waals surface area contributed by atoms with Crippen LogP contribution in [0.5, 0.6) is 5.75 Å². The number of hydrogen-bond donors (Lipinski definition) is 1. The number of benzene rings is 1. The van der Waals surface area contributed by atoms with Crippen LogP contribution in [0.3, 0.4) is 0 Å². The SMILES string of the molecule is COc1c(C2CNCCO2)ccc(Br)c1F. The number of hydrogen-bond acceptors (Lipinski definition) is 3. The van der Waals surface area contributed by atoms with Crippen molar-refractivity contribution < 1.29 is 13.9 Å². The molecular weight excluding hydrogens is 277 g/mol. The van der Waals surface area contributed by atoms with Crippen LogP contribution in [0.2, 0.25) is 0 Å². The third kappa shape index (κ3) is 2.21. The van der Waals surface area contributed by atoms with Crippen LogP contribution in [0.1, 0.15) is 11.7 Å². The fraction of sp³-hybridized carbons (Fsp3) is 0.455.